The van der Waals surface area contributed by atoms with Gasteiger partial charge in [-0.25, -0.2) is 4.39 Å². The molecule has 0 bridgehead atoms. The van der Waals surface area contributed by atoms with E-state index in [9.17, 15) is 9.50 Å². The summed E-state index contributed by atoms with van der Waals surface area (Å²) in [7, 11) is 0. The summed E-state index contributed by atoms with van der Waals surface area (Å²) in [5, 5.41) is 9.45. The Morgan fingerprint density at radius 1 is 1.28 bits per heavy atom. The fraction of sp³-hybridized carbons (Fsp3) is 0.214. The highest BCUT2D eigenvalue weighted by Crippen LogP contribution is 2.22. The summed E-state index contributed by atoms with van der Waals surface area (Å²) in [6, 6.07) is 8.31. The highest BCUT2D eigenvalue weighted by atomic mass is 79.9. The second-order valence-electron chi connectivity index (χ2n) is 4.15. The standard InChI is InChI=1S/C14H13BrFNO/c15-13-5-10(7-17-8-13)4-12(9-18)11-2-1-3-14(16)6-11/h1-3,5-8,12,18H,4,9H2. The third-order valence-corrected chi connectivity index (χ3v) is 3.22. The second kappa shape index (κ2) is 6.07. The van der Waals surface area contributed by atoms with Gasteiger partial charge in [-0.3, -0.25) is 4.98 Å². The van der Waals surface area contributed by atoms with Crippen LogP contribution in [-0.4, -0.2) is 16.7 Å². The first-order chi connectivity index (χ1) is 8.69. The van der Waals surface area contributed by atoms with E-state index in [1.807, 2.05) is 12.1 Å². The van der Waals surface area contributed by atoms with Crippen molar-refractivity contribution < 1.29 is 9.50 Å². The molecule has 0 aliphatic rings. The Labute approximate surface area is 114 Å². The molecule has 0 radical (unpaired) electrons. The van der Waals surface area contributed by atoms with Crippen LogP contribution in [0.3, 0.4) is 0 Å². The molecule has 4 heteroatoms. The monoisotopic (exact) mass is 309 g/mol. The minimum atomic E-state index is -0.279. The summed E-state index contributed by atoms with van der Waals surface area (Å²) in [6.45, 7) is -0.0179. The molecule has 18 heavy (non-hydrogen) atoms. The number of benzene rings is 1. The zero-order chi connectivity index (χ0) is 13.0. The van der Waals surface area contributed by atoms with Crippen LogP contribution in [0.1, 0.15) is 17.0 Å². The second-order valence-corrected chi connectivity index (χ2v) is 5.07. The highest BCUT2D eigenvalue weighted by Gasteiger charge is 2.12. The van der Waals surface area contributed by atoms with Crippen molar-refractivity contribution in [3.8, 4) is 0 Å². The maximum atomic E-state index is 13.2. The molecule has 1 aromatic carbocycles. The number of aliphatic hydroxyl groups excluding tert-OH is 1. The van der Waals surface area contributed by atoms with E-state index in [2.05, 4.69) is 20.9 Å². The number of hydrogen-bond acceptors (Lipinski definition) is 2. The lowest BCUT2D eigenvalue weighted by atomic mass is 9.93. The largest absolute Gasteiger partial charge is 0.396 e. The van der Waals surface area contributed by atoms with Crippen LogP contribution in [0, 0.1) is 5.82 Å². The Balaban J connectivity index is 2.19. The quantitative estimate of drug-likeness (QED) is 0.940. The van der Waals surface area contributed by atoms with Crippen molar-refractivity contribution >= 4 is 15.9 Å². The molecule has 0 fully saturated rings. The van der Waals surface area contributed by atoms with Crippen molar-refractivity contribution in [3.63, 3.8) is 0 Å². The van der Waals surface area contributed by atoms with Crippen LogP contribution in [0.5, 0.6) is 0 Å². The number of pyridine rings is 1. The van der Waals surface area contributed by atoms with Crippen molar-refractivity contribution in [1.29, 1.82) is 0 Å². The van der Waals surface area contributed by atoms with Crippen LogP contribution < -0.4 is 0 Å². The first-order valence-corrected chi connectivity index (χ1v) is 6.44. The Morgan fingerprint density at radius 3 is 2.78 bits per heavy atom. The predicted molar refractivity (Wildman–Crippen MR) is 71.9 cm³/mol. The first kappa shape index (κ1) is 13.2. The summed E-state index contributed by atoms with van der Waals surface area (Å²) >= 11 is 3.36. The molecule has 0 aliphatic heterocycles. The summed E-state index contributed by atoms with van der Waals surface area (Å²) < 4.78 is 14.1. The Morgan fingerprint density at radius 2 is 2.11 bits per heavy atom. The van der Waals surface area contributed by atoms with Crippen LogP contribution in [0.2, 0.25) is 0 Å². The molecule has 1 N–H and O–H groups in total. The summed E-state index contributed by atoms with van der Waals surface area (Å²) in [5.41, 5.74) is 1.81. The molecule has 2 aromatic rings. The summed E-state index contributed by atoms with van der Waals surface area (Å²) in [5.74, 6) is -0.393. The van der Waals surface area contributed by atoms with Crippen LogP contribution in [0.15, 0.2) is 47.2 Å². The molecule has 94 valence electrons. The minimum Gasteiger partial charge on any atom is -0.396 e. The maximum absolute atomic E-state index is 13.2. The molecule has 1 atom stereocenters. The van der Waals surface area contributed by atoms with E-state index in [-0.39, 0.29) is 18.3 Å². The molecule has 0 saturated carbocycles. The Kier molecular flexibility index (Phi) is 4.44. The number of rotatable bonds is 4. The number of aliphatic hydroxyl groups is 1. The van der Waals surface area contributed by atoms with Gasteiger partial charge in [0.05, 0.1) is 6.61 Å². The van der Waals surface area contributed by atoms with Gasteiger partial charge in [-0.2, -0.15) is 0 Å². The van der Waals surface area contributed by atoms with Crippen molar-refractivity contribution in [2.24, 2.45) is 0 Å². The Bertz CT molecular complexity index is 533. The summed E-state index contributed by atoms with van der Waals surface area (Å²) in [6.07, 6.45) is 4.10. The van der Waals surface area contributed by atoms with Crippen LogP contribution in [0.25, 0.3) is 0 Å². The van der Waals surface area contributed by atoms with Gasteiger partial charge < -0.3 is 5.11 Å². The lowest BCUT2D eigenvalue weighted by Crippen LogP contribution is -2.08. The SMILES string of the molecule is OCC(Cc1cncc(Br)c1)c1cccc(F)c1. The molecular formula is C14H13BrFNO. The van der Waals surface area contributed by atoms with Gasteiger partial charge in [-0.05, 0) is 51.7 Å². The number of aromatic nitrogens is 1. The topological polar surface area (TPSA) is 33.1 Å². The maximum Gasteiger partial charge on any atom is 0.123 e. The van der Waals surface area contributed by atoms with Crippen LogP contribution in [-0.2, 0) is 6.42 Å². The number of halogens is 2. The molecule has 2 rings (SSSR count). The lowest BCUT2D eigenvalue weighted by molar-refractivity contribution is 0.264. The van der Waals surface area contributed by atoms with Crippen LogP contribution >= 0.6 is 15.9 Å². The van der Waals surface area contributed by atoms with Gasteiger partial charge in [-0.1, -0.05) is 12.1 Å². The van der Waals surface area contributed by atoms with Gasteiger partial charge in [-0.15, -0.1) is 0 Å². The average Bonchev–Trinajstić information content (AvgIpc) is 2.36. The Hall–Kier alpha value is -1.26. The molecule has 0 saturated heterocycles. The van der Waals surface area contributed by atoms with Gasteiger partial charge in [0.15, 0.2) is 0 Å². The third kappa shape index (κ3) is 3.37. The highest BCUT2D eigenvalue weighted by molar-refractivity contribution is 9.10. The van der Waals surface area contributed by atoms with Crippen molar-refractivity contribution in [1.82, 2.24) is 4.98 Å². The van der Waals surface area contributed by atoms with E-state index in [1.165, 1.54) is 12.1 Å². The molecule has 0 amide bonds. The van der Waals surface area contributed by atoms with E-state index in [1.54, 1.807) is 18.5 Å². The number of hydrogen-bond donors (Lipinski definition) is 1. The summed E-state index contributed by atoms with van der Waals surface area (Å²) in [4.78, 5) is 4.08. The van der Waals surface area contributed by atoms with E-state index < -0.39 is 0 Å². The average molecular weight is 310 g/mol. The van der Waals surface area contributed by atoms with E-state index in [0.29, 0.717) is 6.42 Å². The minimum absolute atomic E-state index is 0.0179. The van der Waals surface area contributed by atoms with Gasteiger partial charge >= 0.3 is 0 Å². The molecule has 0 aliphatic carbocycles. The van der Waals surface area contributed by atoms with Gasteiger partial charge in [0.2, 0.25) is 0 Å². The molecular weight excluding hydrogens is 297 g/mol. The van der Waals surface area contributed by atoms with Crippen molar-refractivity contribution in [2.75, 3.05) is 6.61 Å². The predicted octanol–water partition coefficient (Wildman–Crippen LogP) is 3.30. The third-order valence-electron chi connectivity index (χ3n) is 2.78. The van der Waals surface area contributed by atoms with Crippen molar-refractivity contribution in [3.05, 3.63) is 64.1 Å². The van der Waals surface area contributed by atoms with Gasteiger partial charge in [0, 0.05) is 22.8 Å². The van der Waals surface area contributed by atoms with E-state index >= 15 is 0 Å². The fourth-order valence-corrected chi connectivity index (χ4v) is 2.31. The zero-order valence-corrected chi connectivity index (χ0v) is 11.3. The van der Waals surface area contributed by atoms with Crippen LogP contribution in [0.4, 0.5) is 4.39 Å². The van der Waals surface area contributed by atoms with E-state index in [4.69, 9.17) is 0 Å². The van der Waals surface area contributed by atoms with Gasteiger partial charge in [0.1, 0.15) is 5.82 Å². The van der Waals surface area contributed by atoms with E-state index in [0.717, 1.165) is 15.6 Å². The molecule has 0 spiro atoms. The lowest BCUT2D eigenvalue weighted by Gasteiger charge is -2.14. The van der Waals surface area contributed by atoms with Gasteiger partial charge in [0.25, 0.3) is 0 Å². The molecule has 2 nitrogen and oxygen atoms in total. The molecule has 1 unspecified atom stereocenters. The molecule has 1 heterocycles. The van der Waals surface area contributed by atoms with Crippen molar-refractivity contribution in [2.45, 2.75) is 12.3 Å². The zero-order valence-electron chi connectivity index (χ0n) is 9.68. The number of nitrogens with zero attached hydrogens (tertiary/aromatic N) is 1. The normalized spacial score (nSPS) is 12.4. The first-order valence-electron chi connectivity index (χ1n) is 5.65. The fourth-order valence-electron chi connectivity index (χ4n) is 1.90. The smallest absolute Gasteiger partial charge is 0.123 e. The molecule has 1 aromatic heterocycles.